The largest absolute Gasteiger partial charge is 0.309 e. The van der Waals surface area contributed by atoms with Crippen LogP contribution < -0.4 is 0 Å². The van der Waals surface area contributed by atoms with Crippen molar-refractivity contribution in [1.82, 2.24) is 24.1 Å². The monoisotopic (exact) mass is 815 g/mol. The van der Waals surface area contributed by atoms with E-state index in [4.69, 9.17) is 15.0 Å². The molecule has 0 spiro atoms. The van der Waals surface area contributed by atoms with Crippen LogP contribution in [0.1, 0.15) is 0 Å². The lowest BCUT2D eigenvalue weighted by Gasteiger charge is -2.14. The highest BCUT2D eigenvalue weighted by molar-refractivity contribution is 6.22. The maximum Gasteiger partial charge on any atom is 0.160 e. The third-order valence-electron chi connectivity index (χ3n) is 12.7. The summed E-state index contributed by atoms with van der Waals surface area (Å²) in [6.07, 6.45) is 0. The Morgan fingerprint density at radius 1 is 0.297 bits per heavy atom. The van der Waals surface area contributed by atoms with E-state index in [1.165, 1.54) is 32.6 Å². The SMILES string of the molecule is c1ccc(-c2nc(-c3ccc(-n4c5ccccc5c5ccccc54)cc3)cc(-c3cccc4c5cc6c(cc5n(-c5ccccc5)c34)c(-c3ccccc3)nc3ccccc36)n2)cc1. The second kappa shape index (κ2) is 14.5. The minimum absolute atomic E-state index is 0.676. The maximum absolute atomic E-state index is 5.39. The van der Waals surface area contributed by atoms with Crippen molar-refractivity contribution in [1.29, 1.82) is 0 Å². The number of pyridine rings is 1. The Balaban J connectivity index is 1.06. The van der Waals surface area contributed by atoms with Gasteiger partial charge in [-0.15, -0.1) is 0 Å². The standard InChI is InChI=1S/C59H37N5/c1-4-17-39(18-5-1)57-50-36-56-49(35-48(50)43-23-10-13-28-51(43)60-57)46-26-16-27-47(58(46)64(56)41-21-8-3-9-22-41)53-37-52(61-59(62-53)40-19-6-2-7-20-40)38-31-33-42(34-32-38)63-54-29-14-11-24-44(54)45-25-12-15-30-55(45)63/h1-37H. The molecule has 9 aromatic carbocycles. The molecular weight excluding hydrogens is 779 g/mol. The number of fused-ring (bicyclic) bond motifs is 9. The van der Waals surface area contributed by atoms with Crippen molar-refractivity contribution in [2.24, 2.45) is 0 Å². The van der Waals surface area contributed by atoms with Gasteiger partial charge in [-0.1, -0.05) is 164 Å². The lowest BCUT2D eigenvalue weighted by Crippen LogP contribution is -1.99. The minimum atomic E-state index is 0.676. The van der Waals surface area contributed by atoms with Gasteiger partial charge in [0.15, 0.2) is 5.82 Å². The summed E-state index contributed by atoms with van der Waals surface area (Å²) in [5.74, 6) is 0.676. The van der Waals surface area contributed by atoms with Gasteiger partial charge in [0.2, 0.25) is 0 Å². The Morgan fingerprint density at radius 2 is 0.875 bits per heavy atom. The van der Waals surface area contributed by atoms with Crippen molar-refractivity contribution in [3.8, 4) is 56.5 Å². The highest BCUT2D eigenvalue weighted by Gasteiger charge is 2.22. The molecule has 0 N–H and O–H groups in total. The highest BCUT2D eigenvalue weighted by atomic mass is 15.0. The highest BCUT2D eigenvalue weighted by Crippen LogP contribution is 2.43. The van der Waals surface area contributed by atoms with Gasteiger partial charge < -0.3 is 9.13 Å². The first-order valence-electron chi connectivity index (χ1n) is 21.7. The molecule has 0 fully saturated rings. The third-order valence-corrected chi connectivity index (χ3v) is 12.7. The van der Waals surface area contributed by atoms with Gasteiger partial charge in [-0.3, -0.25) is 0 Å². The molecule has 0 aliphatic rings. The van der Waals surface area contributed by atoms with Crippen molar-refractivity contribution in [2.75, 3.05) is 0 Å². The number of hydrogen-bond donors (Lipinski definition) is 0. The van der Waals surface area contributed by atoms with E-state index in [1.807, 2.05) is 18.2 Å². The maximum atomic E-state index is 5.39. The normalized spacial score (nSPS) is 11.8. The molecule has 0 amide bonds. The first-order valence-corrected chi connectivity index (χ1v) is 21.7. The zero-order valence-corrected chi connectivity index (χ0v) is 34.6. The molecule has 64 heavy (non-hydrogen) atoms. The van der Waals surface area contributed by atoms with Gasteiger partial charge in [-0.25, -0.2) is 15.0 Å². The Labute approximate surface area is 368 Å². The number of rotatable bonds is 6. The number of para-hydroxylation sites is 5. The molecule has 0 radical (unpaired) electrons. The van der Waals surface area contributed by atoms with Gasteiger partial charge in [0.25, 0.3) is 0 Å². The smallest absolute Gasteiger partial charge is 0.160 e. The van der Waals surface area contributed by atoms with E-state index >= 15 is 0 Å². The number of benzene rings is 9. The quantitative estimate of drug-likeness (QED) is 0.157. The summed E-state index contributed by atoms with van der Waals surface area (Å²) in [6.45, 7) is 0. The lowest BCUT2D eigenvalue weighted by atomic mass is 9.97. The Bertz CT molecular complexity index is 3870. The molecule has 13 rings (SSSR count). The average Bonchev–Trinajstić information content (AvgIpc) is 3.89. The van der Waals surface area contributed by atoms with Crippen LogP contribution in [-0.4, -0.2) is 24.1 Å². The summed E-state index contributed by atoms with van der Waals surface area (Å²) in [4.78, 5) is 16.0. The molecule has 0 aliphatic carbocycles. The van der Waals surface area contributed by atoms with Crippen LogP contribution in [0.3, 0.4) is 0 Å². The van der Waals surface area contributed by atoms with Gasteiger partial charge in [0.1, 0.15) is 0 Å². The minimum Gasteiger partial charge on any atom is -0.309 e. The van der Waals surface area contributed by atoms with Crippen LogP contribution in [0.15, 0.2) is 224 Å². The van der Waals surface area contributed by atoms with Crippen molar-refractivity contribution in [3.05, 3.63) is 224 Å². The lowest BCUT2D eigenvalue weighted by molar-refractivity contribution is 1.16. The summed E-state index contributed by atoms with van der Waals surface area (Å²) in [7, 11) is 0. The van der Waals surface area contributed by atoms with E-state index in [-0.39, 0.29) is 0 Å². The summed E-state index contributed by atoms with van der Waals surface area (Å²) in [5, 5.41) is 8.22. The predicted octanol–water partition coefficient (Wildman–Crippen LogP) is 15.0. The van der Waals surface area contributed by atoms with Crippen molar-refractivity contribution in [3.63, 3.8) is 0 Å². The molecule has 298 valence electrons. The van der Waals surface area contributed by atoms with Gasteiger partial charge in [-0.2, -0.15) is 0 Å². The molecule has 4 heterocycles. The molecule has 0 bridgehead atoms. The molecule has 0 saturated carbocycles. The molecule has 0 atom stereocenters. The Kier molecular flexibility index (Phi) is 8.15. The number of hydrogen-bond acceptors (Lipinski definition) is 3. The topological polar surface area (TPSA) is 48.5 Å². The van der Waals surface area contributed by atoms with E-state index in [9.17, 15) is 0 Å². The van der Waals surface area contributed by atoms with E-state index in [0.29, 0.717) is 5.82 Å². The zero-order chi connectivity index (χ0) is 42.1. The molecule has 0 saturated heterocycles. The fraction of sp³-hybridized carbons (Fsp3) is 0. The van der Waals surface area contributed by atoms with Crippen LogP contribution >= 0.6 is 0 Å². The molecule has 0 unspecified atom stereocenters. The van der Waals surface area contributed by atoms with Crippen LogP contribution in [0, 0.1) is 0 Å². The van der Waals surface area contributed by atoms with Crippen molar-refractivity contribution in [2.45, 2.75) is 0 Å². The average molecular weight is 816 g/mol. The molecule has 4 aromatic heterocycles. The molecule has 5 nitrogen and oxygen atoms in total. The fourth-order valence-corrected chi connectivity index (χ4v) is 9.81. The number of nitrogens with zero attached hydrogens (tertiary/aromatic N) is 5. The van der Waals surface area contributed by atoms with Crippen LogP contribution in [0.25, 0.3) is 122 Å². The fourth-order valence-electron chi connectivity index (χ4n) is 9.81. The Hall–Kier alpha value is -8.67. The predicted molar refractivity (Wildman–Crippen MR) is 265 cm³/mol. The van der Waals surface area contributed by atoms with E-state index in [0.717, 1.165) is 83.4 Å². The van der Waals surface area contributed by atoms with Crippen LogP contribution in [-0.2, 0) is 0 Å². The molecule has 0 aliphatic heterocycles. The van der Waals surface area contributed by atoms with Crippen molar-refractivity contribution >= 4 is 65.3 Å². The summed E-state index contributed by atoms with van der Waals surface area (Å²) in [6, 6.07) is 79.6. The molecule has 13 aromatic rings. The Morgan fingerprint density at radius 3 is 1.59 bits per heavy atom. The van der Waals surface area contributed by atoms with Crippen molar-refractivity contribution < 1.29 is 0 Å². The van der Waals surface area contributed by atoms with E-state index < -0.39 is 0 Å². The summed E-state index contributed by atoms with van der Waals surface area (Å²) in [5.41, 5.74) is 14.5. The van der Waals surface area contributed by atoms with Gasteiger partial charge >= 0.3 is 0 Å². The van der Waals surface area contributed by atoms with E-state index in [2.05, 4.69) is 215 Å². The zero-order valence-electron chi connectivity index (χ0n) is 34.6. The summed E-state index contributed by atoms with van der Waals surface area (Å²) < 4.78 is 4.76. The van der Waals surface area contributed by atoms with Gasteiger partial charge in [0, 0.05) is 65.9 Å². The summed E-state index contributed by atoms with van der Waals surface area (Å²) >= 11 is 0. The number of aromatic nitrogens is 5. The third kappa shape index (κ3) is 5.68. The van der Waals surface area contributed by atoms with Gasteiger partial charge in [0.05, 0.1) is 44.7 Å². The first-order chi connectivity index (χ1) is 31.7. The molecular formula is C59H37N5. The molecule has 5 heteroatoms. The van der Waals surface area contributed by atoms with Crippen LogP contribution in [0.4, 0.5) is 0 Å². The first kappa shape index (κ1) is 36.0. The van der Waals surface area contributed by atoms with Crippen LogP contribution in [0.2, 0.25) is 0 Å². The van der Waals surface area contributed by atoms with Crippen LogP contribution in [0.5, 0.6) is 0 Å². The second-order valence-corrected chi connectivity index (χ2v) is 16.4. The van der Waals surface area contributed by atoms with E-state index in [1.54, 1.807) is 0 Å². The van der Waals surface area contributed by atoms with Gasteiger partial charge in [-0.05, 0) is 66.0 Å². The second-order valence-electron chi connectivity index (χ2n) is 16.4.